The van der Waals surface area contributed by atoms with Gasteiger partial charge in [0.15, 0.2) is 0 Å². The van der Waals surface area contributed by atoms with Crippen molar-refractivity contribution in [3.8, 4) is 0 Å². The zero-order valence-corrected chi connectivity index (χ0v) is 10.1. The number of thiophene rings is 1. The van der Waals surface area contributed by atoms with E-state index in [1.807, 2.05) is 10.8 Å². The van der Waals surface area contributed by atoms with Gasteiger partial charge in [-0.2, -0.15) is 11.3 Å². The van der Waals surface area contributed by atoms with Crippen molar-refractivity contribution in [2.24, 2.45) is 0 Å². The predicted molar refractivity (Wildman–Crippen MR) is 62.5 cm³/mol. The lowest BCUT2D eigenvalue weighted by molar-refractivity contribution is 0.214. The van der Waals surface area contributed by atoms with E-state index in [0.717, 1.165) is 0 Å². The molecule has 0 fully saturated rings. The summed E-state index contributed by atoms with van der Waals surface area (Å²) >= 11 is 4.71. The first-order chi connectivity index (χ1) is 7.20. The van der Waals surface area contributed by atoms with Crippen LogP contribution >= 0.6 is 27.3 Å². The molecule has 2 aromatic rings. The minimum absolute atomic E-state index is 0.288. The summed E-state index contributed by atoms with van der Waals surface area (Å²) in [5, 5.41) is 13.6. The van der Waals surface area contributed by atoms with Gasteiger partial charge in [-0.25, -0.2) is 4.39 Å². The van der Waals surface area contributed by atoms with E-state index >= 15 is 0 Å². The second-order valence-corrected chi connectivity index (χ2v) is 4.73. The van der Waals surface area contributed by atoms with E-state index in [1.165, 1.54) is 17.4 Å². The van der Waals surface area contributed by atoms with Gasteiger partial charge < -0.3 is 5.11 Å². The standard InChI is InChI=1S/C11H8BrFOS/c12-8-2-1-3-9(13)10(8)11(14)7-4-5-15-6-7/h1-6,11,14H. The summed E-state index contributed by atoms with van der Waals surface area (Å²) in [6.07, 6.45) is -0.910. The number of aliphatic hydroxyl groups excluding tert-OH is 1. The van der Waals surface area contributed by atoms with Crippen molar-refractivity contribution in [1.29, 1.82) is 0 Å². The van der Waals surface area contributed by atoms with Gasteiger partial charge in [0, 0.05) is 10.0 Å². The fraction of sp³-hybridized carbons (Fsp3) is 0.0909. The zero-order chi connectivity index (χ0) is 10.8. The molecule has 0 amide bonds. The Morgan fingerprint density at radius 1 is 1.33 bits per heavy atom. The fourth-order valence-electron chi connectivity index (χ4n) is 1.37. The molecule has 1 heterocycles. The maximum Gasteiger partial charge on any atom is 0.130 e. The maximum absolute atomic E-state index is 13.5. The first kappa shape index (κ1) is 10.8. The van der Waals surface area contributed by atoms with Gasteiger partial charge in [-0.1, -0.05) is 22.0 Å². The minimum Gasteiger partial charge on any atom is -0.383 e. The Hall–Kier alpha value is -0.710. The molecule has 0 bridgehead atoms. The van der Waals surface area contributed by atoms with Crippen LogP contribution in [-0.4, -0.2) is 5.11 Å². The highest BCUT2D eigenvalue weighted by Crippen LogP contribution is 2.31. The van der Waals surface area contributed by atoms with Gasteiger partial charge in [-0.15, -0.1) is 0 Å². The Labute approximate surface area is 99.3 Å². The smallest absolute Gasteiger partial charge is 0.130 e. The number of benzene rings is 1. The normalized spacial score (nSPS) is 12.7. The topological polar surface area (TPSA) is 20.2 Å². The molecule has 0 spiro atoms. The Bertz CT molecular complexity index is 435. The summed E-state index contributed by atoms with van der Waals surface area (Å²) in [6, 6.07) is 6.45. The second kappa shape index (κ2) is 4.43. The van der Waals surface area contributed by atoms with Crippen LogP contribution in [0.3, 0.4) is 0 Å². The third kappa shape index (κ3) is 2.12. The Kier molecular flexibility index (Phi) is 3.19. The van der Waals surface area contributed by atoms with Gasteiger partial charge in [0.05, 0.1) is 0 Å². The molecule has 4 heteroatoms. The van der Waals surface area contributed by atoms with Crippen LogP contribution in [0.15, 0.2) is 39.5 Å². The lowest BCUT2D eigenvalue weighted by atomic mass is 10.0. The SMILES string of the molecule is OC(c1ccsc1)c1c(F)cccc1Br. The van der Waals surface area contributed by atoms with Gasteiger partial charge in [-0.3, -0.25) is 0 Å². The highest BCUT2D eigenvalue weighted by Gasteiger charge is 2.17. The number of hydrogen-bond donors (Lipinski definition) is 1. The molecule has 1 nitrogen and oxygen atoms in total. The molecule has 1 N–H and O–H groups in total. The van der Waals surface area contributed by atoms with Crippen molar-refractivity contribution in [1.82, 2.24) is 0 Å². The Morgan fingerprint density at radius 2 is 2.13 bits per heavy atom. The van der Waals surface area contributed by atoms with Crippen LogP contribution in [0.4, 0.5) is 4.39 Å². The van der Waals surface area contributed by atoms with Crippen LogP contribution in [0.5, 0.6) is 0 Å². The van der Waals surface area contributed by atoms with Gasteiger partial charge in [0.2, 0.25) is 0 Å². The third-order valence-electron chi connectivity index (χ3n) is 2.13. The fourth-order valence-corrected chi connectivity index (χ4v) is 2.61. The second-order valence-electron chi connectivity index (χ2n) is 3.09. The summed E-state index contributed by atoms with van der Waals surface area (Å²) in [7, 11) is 0. The van der Waals surface area contributed by atoms with Gasteiger partial charge in [0.25, 0.3) is 0 Å². The summed E-state index contributed by atoms with van der Waals surface area (Å²) in [4.78, 5) is 0. The Morgan fingerprint density at radius 3 is 2.73 bits per heavy atom. The lowest BCUT2D eigenvalue weighted by Gasteiger charge is -2.12. The van der Waals surface area contributed by atoms with Crippen molar-refractivity contribution in [2.75, 3.05) is 0 Å². The first-order valence-electron chi connectivity index (χ1n) is 4.34. The zero-order valence-electron chi connectivity index (χ0n) is 7.65. The molecule has 0 aliphatic heterocycles. The molecule has 0 saturated carbocycles. The van der Waals surface area contributed by atoms with Crippen LogP contribution in [-0.2, 0) is 0 Å². The van der Waals surface area contributed by atoms with E-state index in [2.05, 4.69) is 15.9 Å². The van der Waals surface area contributed by atoms with Crippen molar-refractivity contribution >= 4 is 27.3 Å². The summed E-state index contributed by atoms with van der Waals surface area (Å²) in [5.41, 5.74) is 1.00. The lowest BCUT2D eigenvalue weighted by Crippen LogP contribution is -2.02. The molecule has 1 unspecified atom stereocenters. The molecule has 0 radical (unpaired) electrons. The minimum atomic E-state index is -0.910. The third-order valence-corrected chi connectivity index (χ3v) is 3.53. The summed E-state index contributed by atoms with van der Waals surface area (Å²) < 4.78 is 14.1. The number of halogens is 2. The van der Waals surface area contributed by atoms with E-state index in [0.29, 0.717) is 10.0 Å². The first-order valence-corrected chi connectivity index (χ1v) is 6.08. The molecule has 0 saturated heterocycles. The monoisotopic (exact) mass is 286 g/mol. The molecule has 78 valence electrons. The molecule has 1 aromatic heterocycles. The molecule has 2 rings (SSSR count). The number of hydrogen-bond acceptors (Lipinski definition) is 2. The van der Waals surface area contributed by atoms with Crippen LogP contribution < -0.4 is 0 Å². The van der Waals surface area contributed by atoms with Crippen molar-refractivity contribution < 1.29 is 9.50 Å². The highest BCUT2D eigenvalue weighted by atomic mass is 79.9. The van der Waals surface area contributed by atoms with Gasteiger partial charge in [0.1, 0.15) is 11.9 Å². The average molecular weight is 287 g/mol. The Balaban J connectivity index is 2.46. The van der Waals surface area contributed by atoms with E-state index in [1.54, 1.807) is 18.2 Å². The van der Waals surface area contributed by atoms with E-state index in [4.69, 9.17) is 0 Å². The highest BCUT2D eigenvalue weighted by molar-refractivity contribution is 9.10. The molecule has 0 aliphatic carbocycles. The van der Waals surface area contributed by atoms with E-state index < -0.39 is 11.9 Å². The molecular formula is C11H8BrFOS. The van der Waals surface area contributed by atoms with Crippen molar-refractivity contribution in [2.45, 2.75) is 6.10 Å². The summed E-state index contributed by atoms with van der Waals surface area (Å²) in [6.45, 7) is 0. The summed E-state index contributed by atoms with van der Waals surface area (Å²) in [5.74, 6) is -0.400. The van der Waals surface area contributed by atoms with Crippen LogP contribution in [0, 0.1) is 5.82 Å². The van der Waals surface area contributed by atoms with Crippen LogP contribution in [0.1, 0.15) is 17.2 Å². The van der Waals surface area contributed by atoms with Crippen LogP contribution in [0.25, 0.3) is 0 Å². The van der Waals surface area contributed by atoms with E-state index in [-0.39, 0.29) is 5.56 Å². The largest absolute Gasteiger partial charge is 0.383 e. The molecular weight excluding hydrogens is 279 g/mol. The molecule has 0 aliphatic rings. The number of rotatable bonds is 2. The van der Waals surface area contributed by atoms with Crippen molar-refractivity contribution in [3.63, 3.8) is 0 Å². The quantitative estimate of drug-likeness (QED) is 0.892. The van der Waals surface area contributed by atoms with Crippen LogP contribution in [0.2, 0.25) is 0 Å². The van der Waals surface area contributed by atoms with E-state index in [9.17, 15) is 9.50 Å². The average Bonchev–Trinajstić information content (AvgIpc) is 2.69. The van der Waals surface area contributed by atoms with Gasteiger partial charge in [-0.05, 0) is 34.5 Å². The number of aliphatic hydroxyl groups is 1. The molecule has 1 atom stereocenters. The maximum atomic E-state index is 13.5. The molecule has 1 aromatic carbocycles. The van der Waals surface area contributed by atoms with Crippen molar-refractivity contribution in [3.05, 3.63) is 56.4 Å². The molecule has 15 heavy (non-hydrogen) atoms. The van der Waals surface area contributed by atoms with Gasteiger partial charge >= 0.3 is 0 Å². The predicted octanol–water partition coefficient (Wildman–Crippen LogP) is 3.73.